The average Bonchev–Trinajstić information content (AvgIpc) is 2.68. The van der Waals surface area contributed by atoms with E-state index in [-0.39, 0.29) is 18.0 Å². The zero-order chi connectivity index (χ0) is 18.2. The minimum absolute atomic E-state index is 0.0771. The van der Waals surface area contributed by atoms with Crippen molar-refractivity contribution in [3.8, 4) is 17.0 Å². The molecule has 0 radical (unpaired) electrons. The maximum atomic E-state index is 12.2. The molecule has 0 saturated carbocycles. The normalized spacial score (nSPS) is 10.3. The van der Waals surface area contributed by atoms with Gasteiger partial charge >= 0.3 is 0 Å². The fourth-order valence-electron chi connectivity index (χ4n) is 2.40. The van der Waals surface area contributed by atoms with Crippen molar-refractivity contribution in [3.63, 3.8) is 0 Å². The molecule has 26 heavy (non-hydrogen) atoms. The Morgan fingerprint density at radius 1 is 1.04 bits per heavy atom. The van der Waals surface area contributed by atoms with Crippen LogP contribution in [0.5, 0.6) is 5.75 Å². The molecule has 6 heteroatoms. The summed E-state index contributed by atoms with van der Waals surface area (Å²) in [7, 11) is 0. The van der Waals surface area contributed by atoms with Crippen LogP contribution < -0.4 is 15.6 Å². The predicted molar refractivity (Wildman–Crippen MR) is 98.9 cm³/mol. The average molecular weight is 349 g/mol. The summed E-state index contributed by atoms with van der Waals surface area (Å²) in [5.74, 6) is 0.483. The van der Waals surface area contributed by atoms with E-state index in [0.29, 0.717) is 18.8 Å². The highest BCUT2D eigenvalue weighted by molar-refractivity contribution is 5.75. The first-order valence-corrected chi connectivity index (χ1v) is 8.29. The summed E-state index contributed by atoms with van der Waals surface area (Å²) in [4.78, 5) is 28.4. The van der Waals surface area contributed by atoms with Crippen molar-refractivity contribution < 1.29 is 9.53 Å². The minimum Gasteiger partial charge on any atom is -0.492 e. The van der Waals surface area contributed by atoms with Crippen molar-refractivity contribution >= 4 is 5.91 Å². The Bertz CT molecular complexity index is 908. The molecular formula is C20H19N3O3. The van der Waals surface area contributed by atoms with Crippen LogP contribution in [-0.4, -0.2) is 28.6 Å². The van der Waals surface area contributed by atoms with Crippen LogP contribution in [0.3, 0.4) is 0 Å². The van der Waals surface area contributed by atoms with Crippen LogP contribution in [0.15, 0.2) is 77.9 Å². The lowest BCUT2D eigenvalue weighted by atomic mass is 10.1. The number of carbonyl (C=O) groups is 1. The lowest BCUT2D eigenvalue weighted by Gasteiger charge is -2.09. The summed E-state index contributed by atoms with van der Waals surface area (Å²) < 4.78 is 6.78. The second kappa shape index (κ2) is 8.62. The smallest absolute Gasteiger partial charge is 0.254 e. The fourth-order valence-corrected chi connectivity index (χ4v) is 2.40. The lowest BCUT2D eigenvalue weighted by Crippen LogP contribution is -2.34. The van der Waals surface area contributed by atoms with Crippen molar-refractivity contribution in [1.29, 1.82) is 0 Å². The van der Waals surface area contributed by atoms with E-state index in [1.165, 1.54) is 17.0 Å². The standard InChI is InChI=1S/C20H19N3O3/c24-19(21-11-12-26-17-9-5-2-6-10-17)14-23-15-22-18(13-20(23)25)16-7-3-1-4-8-16/h1-10,13,15H,11-12,14H2,(H,21,24). The molecule has 1 heterocycles. The van der Waals surface area contributed by atoms with Crippen LogP contribution in [0.25, 0.3) is 11.3 Å². The third-order valence-corrected chi connectivity index (χ3v) is 3.70. The van der Waals surface area contributed by atoms with Crippen LogP contribution in [0.4, 0.5) is 0 Å². The van der Waals surface area contributed by atoms with Crippen molar-refractivity contribution in [2.75, 3.05) is 13.2 Å². The number of amides is 1. The van der Waals surface area contributed by atoms with Gasteiger partial charge in [-0.25, -0.2) is 4.98 Å². The summed E-state index contributed by atoms with van der Waals surface area (Å²) in [6.07, 6.45) is 1.39. The number of para-hydroxylation sites is 1. The van der Waals surface area contributed by atoms with Gasteiger partial charge in [-0.05, 0) is 12.1 Å². The topological polar surface area (TPSA) is 73.2 Å². The van der Waals surface area contributed by atoms with Gasteiger partial charge in [0.05, 0.1) is 18.6 Å². The molecule has 0 bridgehead atoms. The minimum atomic E-state index is -0.269. The van der Waals surface area contributed by atoms with E-state index in [4.69, 9.17) is 4.74 Å². The zero-order valence-electron chi connectivity index (χ0n) is 14.2. The molecule has 0 aliphatic rings. The largest absolute Gasteiger partial charge is 0.492 e. The number of benzene rings is 2. The Morgan fingerprint density at radius 2 is 1.73 bits per heavy atom. The maximum Gasteiger partial charge on any atom is 0.254 e. The van der Waals surface area contributed by atoms with Gasteiger partial charge in [0.2, 0.25) is 5.91 Å². The monoisotopic (exact) mass is 349 g/mol. The summed E-state index contributed by atoms with van der Waals surface area (Å²) in [5, 5.41) is 2.72. The van der Waals surface area contributed by atoms with Crippen molar-refractivity contribution in [3.05, 3.63) is 83.4 Å². The summed E-state index contributed by atoms with van der Waals surface area (Å²) in [6.45, 7) is 0.639. The Labute approximate surface area is 151 Å². The molecule has 132 valence electrons. The van der Waals surface area contributed by atoms with Crippen molar-refractivity contribution in [1.82, 2.24) is 14.9 Å². The molecule has 1 N–H and O–H groups in total. The first-order valence-electron chi connectivity index (χ1n) is 8.29. The zero-order valence-corrected chi connectivity index (χ0v) is 14.2. The number of ether oxygens (including phenoxy) is 1. The fraction of sp³-hybridized carbons (Fsp3) is 0.150. The molecule has 3 aromatic rings. The lowest BCUT2D eigenvalue weighted by molar-refractivity contribution is -0.121. The molecule has 0 unspecified atom stereocenters. The van der Waals surface area contributed by atoms with Crippen LogP contribution in [-0.2, 0) is 11.3 Å². The third-order valence-electron chi connectivity index (χ3n) is 3.70. The van der Waals surface area contributed by atoms with Gasteiger partial charge in [0, 0.05) is 11.6 Å². The predicted octanol–water partition coefficient (Wildman–Crippen LogP) is 2.11. The van der Waals surface area contributed by atoms with Crippen molar-refractivity contribution in [2.24, 2.45) is 0 Å². The van der Waals surface area contributed by atoms with Crippen molar-refractivity contribution in [2.45, 2.75) is 6.54 Å². The van der Waals surface area contributed by atoms with Crippen LogP contribution >= 0.6 is 0 Å². The molecule has 0 aliphatic carbocycles. The van der Waals surface area contributed by atoms with E-state index in [2.05, 4.69) is 10.3 Å². The molecular weight excluding hydrogens is 330 g/mol. The van der Waals surface area contributed by atoms with E-state index in [9.17, 15) is 9.59 Å². The number of nitrogens with one attached hydrogen (secondary N) is 1. The Kier molecular flexibility index (Phi) is 5.77. The van der Waals surface area contributed by atoms with Gasteiger partial charge in [0.1, 0.15) is 18.9 Å². The number of nitrogens with zero attached hydrogens (tertiary/aromatic N) is 2. The molecule has 1 aromatic heterocycles. The molecule has 0 aliphatic heterocycles. The Hall–Kier alpha value is -3.41. The number of carbonyl (C=O) groups excluding carboxylic acids is 1. The van der Waals surface area contributed by atoms with Gasteiger partial charge in [-0.15, -0.1) is 0 Å². The quantitative estimate of drug-likeness (QED) is 0.663. The summed E-state index contributed by atoms with van der Waals surface area (Å²) >= 11 is 0. The molecule has 0 saturated heterocycles. The second-order valence-electron chi connectivity index (χ2n) is 5.62. The molecule has 0 fully saturated rings. The first kappa shape index (κ1) is 17.4. The number of hydrogen-bond donors (Lipinski definition) is 1. The van der Waals surface area contributed by atoms with Gasteiger partial charge in [0.25, 0.3) is 5.56 Å². The van der Waals surface area contributed by atoms with E-state index in [1.807, 2.05) is 60.7 Å². The highest BCUT2D eigenvalue weighted by atomic mass is 16.5. The van der Waals surface area contributed by atoms with Crippen LogP contribution in [0.1, 0.15) is 0 Å². The van der Waals surface area contributed by atoms with E-state index in [1.54, 1.807) is 0 Å². The summed E-state index contributed by atoms with van der Waals surface area (Å²) in [5.41, 5.74) is 1.18. The van der Waals surface area contributed by atoms with Gasteiger partial charge < -0.3 is 10.1 Å². The Balaban J connectivity index is 1.50. The number of hydrogen-bond acceptors (Lipinski definition) is 4. The highest BCUT2D eigenvalue weighted by Gasteiger charge is 2.06. The molecule has 3 rings (SSSR count). The van der Waals surface area contributed by atoms with Gasteiger partial charge in [0.15, 0.2) is 0 Å². The van der Waals surface area contributed by atoms with Gasteiger partial charge in [-0.3, -0.25) is 14.2 Å². The first-order chi connectivity index (χ1) is 12.7. The third kappa shape index (κ3) is 4.80. The SMILES string of the molecule is O=C(Cn1cnc(-c2ccccc2)cc1=O)NCCOc1ccccc1. The molecule has 0 spiro atoms. The van der Waals surface area contributed by atoms with E-state index >= 15 is 0 Å². The van der Waals surface area contributed by atoms with Crippen LogP contribution in [0.2, 0.25) is 0 Å². The van der Waals surface area contributed by atoms with E-state index < -0.39 is 0 Å². The molecule has 0 atom stereocenters. The molecule has 6 nitrogen and oxygen atoms in total. The number of aromatic nitrogens is 2. The second-order valence-corrected chi connectivity index (χ2v) is 5.62. The van der Waals surface area contributed by atoms with Gasteiger partial charge in [-0.1, -0.05) is 48.5 Å². The molecule has 2 aromatic carbocycles. The Morgan fingerprint density at radius 3 is 2.42 bits per heavy atom. The molecule has 1 amide bonds. The van der Waals surface area contributed by atoms with E-state index in [0.717, 1.165) is 11.3 Å². The van der Waals surface area contributed by atoms with Crippen LogP contribution in [0, 0.1) is 0 Å². The van der Waals surface area contributed by atoms with Gasteiger partial charge in [-0.2, -0.15) is 0 Å². The number of rotatable bonds is 7. The highest BCUT2D eigenvalue weighted by Crippen LogP contribution is 2.13. The maximum absolute atomic E-state index is 12.2. The summed E-state index contributed by atoms with van der Waals surface area (Å²) in [6, 6.07) is 20.2.